The molecule has 5 nitrogen and oxygen atoms in total. The van der Waals surface area contributed by atoms with E-state index in [-0.39, 0.29) is 11.9 Å². The number of furan rings is 1. The van der Waals surface area contributed by atoms with Crippen molar-refractivity contribution in [1.82, 2.24) is 5.32 Å². The van der Waals surface area contributed by atoms with Crippen LogP contribution in [0, 0.1) is 6.92 Å². The van der Waals surface area contributed by atoms with Crippen LogP contribution in [0.5, 0.6) is 0 Å². The van der Waals surface area contributed by atoms with Crippen LogP contribution < -0.4 is 5.32 Å². The monoisotopic (exact) mass is 299 g/mol. The zero-order chi connectivity index (χ0) is 15.5. The Bertz CT molecular complexity index is 673. The Morgan fingerprint density at radius 2 is 1.95 bits per heavy atom. The molecule has 0 bridgehead atoms. The summed E-state index contributed by atoms with van der Waals surface area (Å²) in [6.07, 6.45) is 2.42. The first kappa shape index (κ1) is 14.4. The molecule has 114 valence electrons. The van der Waals surface area contributed by atoms with E-state index in [0.29, 0.717) is 16.9 Å². The van der Waals surface area contributed by atoms with E-state index in [1.807, 2.05) is 18.2 Å². The lowest BCUT2D eigenvalue weighted by Gasteiger charge is -2.17. The van der Waals surface area contributed by atoms with Gasteiger partial charge < -0.3 is 14.5 Å². The summed E-state index contributed by atoms with van der Waals surface area (Å²) in [6.45, 7) is 1.68. The minimum absolute atomic E-state index is 0.202. The molecule has 22 heavy (non-hydrogen) atoms. The van der Waals surface area contributed by atoms with Gasteiger partial charge in [0.15, 0.2) is 0 Å². The van der Waals surface area contributed by atoms with Crippen LogP contribution in [0.25, 0.3) is 0 Å². The van der Waals surface area contributed by atoms with E-state index >= 15 is 0 Å². The number of ether oxygens (including phenoxy) is 1. The molecule has 1 N–H and O–H groups in total. The molecule has 1 heterocycles. The number of aryl methyl sites for hydroxylation is 1. The van der Waals surface area contributed by atoms with E-state index in [9.17, 15) is 9.59 Å². The molecule has 0 unspecified atom stereocenters. The lowest BCUT2D eigenvalue weighted by molar-refractivity contribution is -0.130. The van der Waals surface area contributed by atoms with Crippen LogP contribution in [0.3, 0.4) is 0 Å². The fraction of sp³-hybridized carbons (Fsp3) is 0.294. The SMILES string of the molecule is Cc1occc1C(=O)O[C@@H](C(=O)NC1CC1)c1ccccc1. The summed E-state index contributed by atoms with van der Waals surface area (Å²) in [5.74, 6) is -0.381. The van der Waals surface area contributed by atoms with Crippen molar-refractivity contribution >= 4 is 11.9 Å². The molecular formula is C17H17NO4. The molecule has 0 aliphatic heterocycles. The lowest BCUT2D eigenvalue weighted by Crippen LogP contribution is -2.33. The first-order valence-electron chi connectivity index (χ1n) is 7.25. The summed E-state index contributed by atoms with van der Waals surface area (Å²) < 4.78 is 10.5. The second-order valence-corrected chi connectivity index (χ2v) is 5.37. The average Bonchev–Trinajstić information content (AvgIpc) is 3.23. The van der Waals surface area contributed by atoms with E-state index in [1.54, 1.807) is 25.1 Å². The van der Waals surface area contributed by atoms with Gasteiger partial charge in [-0.1, -0.05) is 30.3 Å². The van der Waals surface area contributed by atoms with Gasteiger partial charge in [-0.05, 0) is 25.8 Å². The first-order chi connectivity index (χ1) is 10.6. The number of nitrogens with one attached hydrogen (secondary N) is 1. The fourth-order valence-corrected chi connectivity index (χ4v) is 2.17. The van der Waals surface area contributed by atoms with Crippen LogP contribution in [0.15, 0.2) is 47.1 Å². The van der Waals surface area contributed by atoms with Crippen molar-refractivity contribution in [3.63, 3.8) is 0 Å². The minimum atomic E-state index is -0.955. The van der Waals surface area contributed by atoms with Gasteiger partial charge in [-0.15, -0.1) is 0 Å². The molecular weight excluding hydrogens is 282 g/mol. The molecule has 0 spiro atoms. The highest BCUT2D eigenvalue weighted by Gasteiger charge is 2.31. The second kappa shape index (κ2) is 6.05. The summed E-state index contributed by atoms with van der Waals surface area (Å²) >= 11 is 0. The summed E-state index contributed by atoms with van der Waals surface area (Å²) in [7, 11) is 0. The first-order valence-corrected chi connectivity index (χ1v) is 7.25. The molecule has 2 aromatic rings. The summed E-state index contributed by atoms with van der Waals surface area (Å²) in [5, 5.41) is 2.88. The molecule has 1 aliphatic rings. The fourth-order valence-electron chi connectivity index (χ4n) is 2.17. The van der Waals surface area contributed by atoms with Gasteiger partial charge in [-0.3, -0.25) is 4.79 Å². The highest BCUT2D eigenvalue weighted by molar-refractivity contribution is 5.93. The lowest BCUT2D eigenvalue weighted by atomic mass is 10.1. The van der Waals surface area contributed by atoms with Gasteiger partial charge in [-0.2, -0.15) is 0 Å². The van der Waals surface area contributed by atoms with Crippen LogP contribution in [-0.4, -0.2) is 17.9 Å². The van der Waals surface area contributed by atoms with Gasteiger partial charge in [0.1, 0.15) is 11.3 Å². The Hall–Kier alpha value is -2.56. The van der Waals surface area contributed by atoms with Gasteiger partial charge in [0, 0.05) is 11.6 Å². The third kappa shape index (κ3) is 3.19. The third-order valence-electron chi connectivity index (χ3n) is 3.57. The van der Waals surface area contributed by atoms with E-state index in [0.717, 1.165) is 12.8 Å². The van der Waals surface area contributed by atoms with E-state index < -0.39 is 12.1 Å². The van der Waals surface area contributed by atoms with Crippen molar-refractivity contribution in [1.29, 1.82) is 0 Å². The Balaban J connectivity index is 1.80. The number of hydrogen-bond acceptors (Lipinski definition) is 4. The minimum Gasteiger partial charge on any atom is -0.469 e. The Morgan fingerprint density at radius 3 is 2.55 bits per heavy atom. The van der Waals surface area contributed by atoms with Gasteiger partial charge in [0.05, 0.1) is 6.26 Å². The van der Waals surface area contributed by atoms with Gasteiger partial charge >= 0.3 is 5.97 Å². The van der Waals surface area contributed by atoms with Crippen LogP contribution in [0.2, 0.25) is 0 Å². The van der Waals surface area contributed by atoms with Crippen molar-refractivity contribution in [3.8, 4) is 0 Å². The average molecular weight is 299 g/mol. The summed E-state index contributed by atoms with van der Waals surface area (Å²) in [5.41, 5.74) is 0.982. The van der Waals surface area contributed by atoms with Crippen LogP contribution in [0.4, 0.5) is 0 Å². The Morgan fingerprint density at radius 1 is 1.23 bits per heavy atom. The van der Waals surface area contributed by atoms with Gasteiger partial charge in [0.2, 0.25) is 6.10 Å². The highest BCUT2D eigenvalue weighted by Crippen LogP contribution is 2.24. The maximum absolute atomic E-state index is 12.4. The molecule has 1 amide bonds. The molecule has 1 atom stereocenters. The van der Waals surface area contributed by atoms with Crippen molar-refractivity contribution in [3.05, 3.63) is 59.5 Å². The molecule has 3 rings (SSSR count). The molecule has 1 aromatic heterocycles. The third-order valence-corrected chi connectivity index (χ3v) is 3.57. The number of carbonyl (C=O) groups is 2. The summed E-state index contributed by atoms with van der Waals surface area (Å²) in [4.78, 5) is 24.6. The maximum Gasteiger partial charge on any atom is 0.342 e. The Labute approximate surface area is 128 Å². The Kier molecular flexibility index (Phi) is 3.96. The van der Waals surface area contributed by atoms with E-state index in [4.69, 9.17) is 9.15 Å². The largest absolute Gasteiger partial charge is 0.469 e. The summed E-state index contributed by atoms with van der Waals surface area (Å²) in [6, 6.07) is 10.8. The van der Waals surface area contributed by atoms with Gasteiger partial charge in [0.25, 0.3) is 5.91 Å². The van der Waals surface area contributed by atoms with E-state index in [2.05, 4.69) is 5.32 Å². The van der Waals surface area contributed by atoms with Crippen molar-refractivity contribution in [2.75, 3.05) is 0 Å². The van der Waals surface area contributed by atoms with Gasteiger partial charge in [-0.25, -0.2) is 4.79 Å². The zero-order valence-electron chi connectivity index (χ0n) is 12.2. The zero-order valence-corrected chi connectivity index (χ0v) is 12.2. The predicted octanol–water partition coefficient (Wildman–Crippen LogP) is 2.76. The van der Waals surface area contributed by atoms with Crippen molar-refractivity contribution < 1.29 is 18.7 Å². The highest BCUT2D eigenvalue weighted by atomic mass is 16.5. The maximum atomic E-state index is 12.4. The molecule has 0 radical (unpaired) electrons. The predicted molar refractivity (Wildman–Crippen MR) is 79.2 cm³/mol. The molecule has 1 fully saturated rings. The smallest absolute Gasteiger partial charge is 0.342 e. The number of esters is 1. The molecule has 5 heteroatoms. The van der Waals surface area contributed by atoms with Crippen LogP contribution >= 0.6 is 0 Å². The normalized spacial score (nSPS) is 15.1. The quantitative estimate of drug-likeness (QED) is 0.862. The standard InChI is InChI=1S/C17H17NO4/c1-11-14(9-10-21-11)17(20)22-15(12-5-3-2-4-6-12)16(19)18-13-7-8-13/h2-6,9-10,13,15H,7-8H2,1H3,(H,18,19)/t15-/m1/s1. The van der Waals surface area contributed by atoms with Crippen molar-refractivity contribution in [2.45, 2.75) is 31.9 Å². The molecule has 1 aliphatic carbocycles. The topological polar surface area (TPSA) is 68.5 Å². The number of hydrogen-bond donors (Lipinski definition) is 1. The number of amides is 1. The van der Waals surface area contributed by atoms with Crippen LogP contribution in [0.1, 0.15) is 40.6 Å². The number of rotatable bonds is 5. The molecule has 1 aromatic carbocycles. The van der Waals surface area contributed by atoms with E-state index in [1.165, 1.54) is 6.26 Å². The second-order valence-electron chi connectivity index (χ2n) is 5.37. The number of carbonyl (C=O) groups excluding carboxylic acids is 2. The molecule has 1 saturated carbocycles. The van der Waals surface area contributed by atoms with Crippen LogP contribution in [-0.2, 0) is 9.53 Å². The molecule has 0 saturated heterocycles. The number of benzene rings is 1. The van der Waals surface area contributed by atoms with Crippen molar-refractivity contribution in [2.24, 2.45) is 0 Å².